The molecule has 170 valence electrons. The van der Waals surface area contributed by atoms with Crippen LogP contribution in [0.2, 0.25) is 5.21 Å². The van der Waals surface area contributed by atoms with Crippen LogP contribution >= 0.6 is 0 Å². The largest absolute Gasteiger partial charge is 1.00 e. The maximum atomic E-state index is 4.31. The Hall–Kier alpha value is -3.12. The summed E-state index contributed by atoms with van der Waals surface area (Å²) in [5.74, 6) is 0. The minimum atomic E-state index is -3.04. The molecule has 0 aromatic heterocycles. The Morgan fingerprint density at radius 2 is 0.771 bits per heavy atom. The van der Waals surface area contributed by atoms with E-state index in [1.54, 1.807) is 0 Å². The van der Waals surface area contributed by atoms with Gasteiger partial charge in [0.25, 0.3) is 0 Å². The summed E-state index contributed by atoms with van der Waals surface area (Å²) in [4.78, 5) is 0. The normalized spacial score (nSPS) is 11.4. The average molecular weight is 577 g/mol. The second kappa shape index (κ2) is 9.86. The predicted octanol–water partition coefficient (Wildman–Crippen LogP) is 3.81. The van der Waals surface area contributed by atoms with E-state index in [9.17, 15) is 0 Å². The van der Waals surface area contributed by atoms with Crippen LogP contribution in [-0.2, 0) is 0 Å². The number of hydrogen-bond donors (Lipinski definition) is 0. The standard InChI is InChI=1S/C33H26As.BrH/c1-2-24-34(31-21-9-15-25-12-3-6-18-28(25)31,32-22-10-16-26-13-4-7-19-29(26)32)33-23-11-17-27-14-5-8-20-30(27)33;/h2-23H,1,24H2;1H/q+1;/p-1. The molecule has 0 N–H and O–H groups in total. The van der Waals surface area contributed by atoms with Crippen LogP contribution < -0.4 is 30.0 Å². The fourth-order valence-corrected chi connectivity index (χ4v) is 15.2. The van der Waals surface area contributed by atoms with Crippen molar-refractivity contribution in [1.82, 2.24) is 0 Å². The molecule has 6 aromatic carbocycles. The molecule has 2 heteroatoms. The fraction of sp³-hybridized carbons (Fsp3) is 0.0303. The number of rotatable bonds is 5. The van der Waals surface area contributed by atoms with E-state index >= 15 is 0 Å². The molecule has 0 saturated carbocycles. The average Bonchev–Trinajstić information content (AvgIpc) is 2.91. The molecule has 35 heavy (non-hydrogen) atoms. The molecule has 0 aliphatic rings. The van der Waals surface area contributed by atoms with Gasteiger partial charge in [0, 0.05) is 0 Å². The Morgan fingerprint density at radius 3 is 1.11 bits per heavy atom. The molecule has 6 rings (SSSR count). The van der Waals surface area contributed by atoms with Crippen LogP contribution in [0.15, 0.2) is 140 Å². The molecule has 0 spiro atoms. The third-order valence-corrected chi connectivity index (χ3v) is 16.3. The van der Waals surface area contributed by atoms with E-state index in [0.29, 0.717) is 0 Å². The molecule has 0 aliphatic heterocycles. The van der Waals surface area contributed by atoms with E-state index in [1.165, 1.54) is 45.4 Å². The summed E-state index contributed by atoms with van der Waals surface area (Å²) >= 11 is -3.04. The van der Waals surface area contributed by atoms with Crippen LogP contribution in [0, 0.1) is 0 Å². The summed E-state index contributed by atoms with van der Waals surface area (Å²) in [7, 11) is 0. The number of benzene rings is 6. The molecular weight excluding hydrogens is 551 g/mol. The Morgan fingerprint density at radius 1 is 0.457 bits per heavy atom. The molecule has 0 unspecified atom stereocenters. The maximum absolute atomic E-state index is 4.31. The minimum Gasteiger partial charge on any atom is -1.00 e. The van der Waals surface area contributed by atoms with Gasteiger partial charge >= 0.3 is 204 Å². The van der Waals surface area contributed by atoms with Crippen LogP contribution in [-0.4, -0.2) is 13.6 Å². The zero-order valence-corrected chi connectivity index (χ0v) is 22.9. The summed E-state index contributed by atoms with van der Waals surface area (Å²) < 4.78 is 4.47. The van der Waals surface area contributed by atoms with Crippen molar-refractivity contribution in [3.63, 3.8) is 0 Å². The topological polar surface area (TPSA) is 0 Å². The van der Waals surface area contributed by atoms with Crippen molar-refractivity contribution in [2.75, 3.05) is 0 Å². The summed E-state index contributed by atoms with van der Waals surface area (Å²) in [6, 6.07) is 47.2. The van der Waals surface area contributed by atoms with Gasteiger partial charge in [0.15, 0.2) is 0 Å². The van der Waals surface area contributed by atoms with Crippen molar-refractivity contribution in [1.29, 1.82) is 0 Å². The zero-order valence-electron chi connectivity index (χ0n) is 19.4. The number of allylic oxidation sites excluding steroid dienone is 1. The quantitative estimate of drug-likeness (QED) is 0.216. The molecule has 0 amide bonds. The number of hydrogen-bond acceptors (Lipinski definition) is 0. The van der Waals surface area contributed by atoms with Gasteiger partial charge < -0.3 is 17.0 Å². The van der Waals surface area contributed by atoms with E-state index in [0.717, 1.165) is 5.21 Å². The molecule has 0 atom stereocenters. The van der Waals surface area contributed by atoms with Crippen molar-refractivity contribution in [2.45, 2.75) is 5.21 Å². The first kappa shape index (κ1) is 23.6. The molecule has 0 nitrogen and oxygen atoms in total. The van der Waals surface area contributed by atoms with Crippen LogP contribution in [0.25, 0.3) is 32.3 Å². The first-order chi connectivity index (χ1) is 16.8. The molecular formula is C33H26AsBr. The maximum Gasteiger partial charge on any atom is -1.00 e. The van der Waals surface area contributed by atoms with E-state index in [1.807, 2.05) is 0 Å². The van der Waals surface area contributed by atoms with Gasteiger partial charge in [-0.3, -0.25) is 0 Å². The van der Waals surface area contributed by atoms with Crippen LogP contribution in [0.3, 0.4) is 0 Å². The molecule has 0 radical (unpaired) electrons. The summed E-state index contributed by atoms with van der Waals surface area (Å²) in [6.07, 6.45) is 2.16. The van der Waals surface area contributed by atoms with Crippen molar-refractivity contribution in [2.24, 2.45) is 0 Å². The Bertz CT molecular complexity index is 1460. The third-order valence-electron chi connectivity index (χ3n) is 6.94. The van der Waals surface area contributed by atoms with E-state index < -0.39 is 13.6 Å². The first-order valence-electron chi connectivity index (χ1n) is 11.8. The van der Waals surface area contributed by atoms with Gasteiger partial charge in [0.1, 0.15) is 0 Å². The number of halogens is 1. The Balaban J connectivity index is 0.00000253. The first-order valence-corrected chi connectivity index (χ1v) is 15.9. The monoisotopic (exact) mass is 576 g/mol. The molecule has 0 saturated heterocycles. The molecule has 0 heterocycles. The molecule has 6 aromatic rings. The summed E-state index contributed by atoms with van der Waals surface area (Å²) in [5.41, 5.74) is 0. The minimum absolute atomic E-state index is 0. The third kappa shape index (κ3) is 3.84. The van der Waals surface area contributed by atoms with Crippen molar-refractivity contribution >= 4 is 58.9 Å². The molecule has 0 aliphatic carbocycles. The second-order valence-electron chi connectivity index (χ2n) is 8.78. The van der Waals surface area contributed by atoms with Gasteiger partial charge in [-0.05, 0) is 0 Å². The Labute approximate surface area is 220 Å². The van der Waals surface area contributed by atoms with Crippen LogP contribution in [0.1, 0.15) is 0 Å². The summed E-state index contributed by atoms with van der Waals surface area (Å²) in [6.45, 7) is 4.31. The van der Waals surface area contributed by atoms with Crippen molar-refractivity contribution < 1.29 is 17.0 Å². The van der Waals surface area contributed by atoms with Gasteiger partial charge in [-0.2, -0.15) is 0 Å². The van der Waals surface area contributed by atoms with E-state index in [-0.39, 0.29) is 17.0 Å². The predicted molar refractivity (Wildman–Crippen MR) is 152 cm³/mol. The smallest absolute Gasteiger partial charge is 1.00 e. The summed E-state index contributed by atoms with van der Waals surface area (Å²) in [5, 5.41) is 8.95. The van der Waals surface area contributed by atoms with Gasteiger partial charge in [-0.15, -0.1) is 0 Å². The van der Waals surface area contributed by atoms with E-state index in [4.69, 9.17) is 0 Å². The van der Waals surface area contributed by atoms with Crippen molar-refractivity contribution in [3.8, 4) is 0 Å². The van der Waals surface area contributed by atoms with Gasteiger partial charge in [0.05, 0.1) is 0 Å². The SMILES string of the molecule is C=CC[As+](c1cccc2ccccc12)(c1cccc2ccccc12)c1cccc2ccccc12.[Br-]. The van der Waals surface area contributed by atoms with Gasteiger partial charge in [-0.1, -0.05) is 0 Å². The van der Waals surface area contributed by atoms with Gasteiger partial charge in [0.2, 0.25) is 0 Å². The van der Waals surface area contributed by atoms with Gasteiger partial charge in [-0.25, -0.2) is 0 Å². The zero-order chi connectivity index (χ0) is 23.0. The second-order valence-corrected chi connectivity index (χ2v) is 16.0. The van der Waals surface area contributed by atoms with E-state index in [2.05, 4.69) is 140 Å². The van der Waals surface area contributed by atoms with Crippen LogP contribution in [0.5, 0.6) is 0 Å². The molecule has 0 fully saturated rings. The number of fused-ring (bicyclic) bond motifs is 3. The fourth-order valence-electron chi connectivity index (χ4n) is 5.50. The molecule has 0 bridgehead atoms. The van der Waals surface area contributed by atoms with Crippen LogP contribution in [0.4, 0.5) is 0 Å². The Kier molecular flexibility index (Phi) is 6.65. The van der Waals surface area contributed by atoms with Crippen molar-refractivity contribution in [3.05, 3.63) is 140 Å².